The van der Waals surface area contributed by atoms with Crippen molar-refractivity contribution >= 4 is 17.6 Å². The average molecular weight is 253 g/mol. The first-order valence-corrected chi connectivity index (χ1v) is 5.99. The highest BCUT2D eigenvalue weighted by Gasteiger charge is 2.28. The zero-order valence-corrected chi connectivity index (χ0v) is 10.7. The molecule has 7 nitrogen and oxygen atoms in total. The van der Waals surface area contributed by atoms with Crippen molar-refractivity contribution in [1.29, 1.82) is 0 Å². The summed E-state index contributed by atoms with van der Waals surface area (Å²) in [6.07, 6.45) is 2.57. The van der Waals surface area contributed by atoms with Crippen LogP contribution in [0.15, 0.2) is 6.20 Å². The molecular weight excluding hydrogens is 234 g/mol. The lowest BCUT2D eigenvalue weighted by atomic mass is 10.0. The van der Waals surface area contributed by atoms with E-state index in [2.05, 4.69) is 10.00 Å². The maximum Gasteiger partial charge on any atom is 0.407 e. The number of hydrogen-bond acceptors (Lipinski definition) is 4. The van der Waals surface area contributed by atoms with Crippen LogP contribution in [0.1, 0.15) is 12.8 Å². The second-order valence-electron chi connectivity index (χ2n) is 4.68. The summed E-state index contributed by atoms with van der Waals surface area (Å²) in [6.45, 7) is 1.54. The molecular formula is C11H19N5O2. The van der Waals surface area contributed by atoms with Crippen molar-refractivity contribution in [2.24, 2.45) is 7.05 Å². The number of likely N-dealkylation sites (N-methyl/N-ethyl adjacent to an activating group) is 1. The highest BCUT2D eigenvalue weighted by Crippen LogP contribution is 2.26. The number of hydrogen-bond donors (Lipinski definition) is 2. The topological polar surface area (TPSA) is 87.6 Å². The summed E-state index contributed by atoms with van der Waals surface area (Å²) in [5, 5.41) is 13.1. The van der Waals surface area contributed by atoms with Crippen molar-refractivity contribution in [1.82, 2.24) is 14.7 Å². The third kappa shape index (κ3) is 2.20. The number of nitrogen functional groups attached to an aromatic ring is 1. The average Bonchev–Trinajstić information content (AvgIpc) is 2.68. The van der Waals surface area contributed by atoms with Gasteiger partial charge in [0, 0.05) is 27.2 Å². The number of aryl methyl sites for hydroxylation is 1. The minimum Gasteiger partial charge on any atom is -0.465 e. The van der Waals surface area contributed by atoms with E-state index in [0.717, 1.165) is 25.2 Å². The molecule has 0 bridgehead atoms. The van der Waals surface area contributed by atoms with Crippen LogP contribution in [0.5, 0.6) is 0 Å². The standard InChI is InChI=1S/C11H19N5O2/c1-14(11(17)18)8-4-3-5-16(7-8)10-9(12)6-13-15(10)2/h6,8H,3-5,7,12H2,1-2H3,(H,17,18). The molecule has 1 amide bonds. The first-order chi connectivity index (χ1) is 8.50. The van der Waals surface area contributed by atoms with Gasteiger partial charge in [-0.05, 0) is 12.8 Å². The molecule has 1 aliphatic heterocycles. The minimum atomic E-state index is -0.889. The first-order valence-electron chi connectivity index (χ1n) is 5.99. The Labute approximate surface area is 106 Å². The monoisotopic (exact) mass is 253 g/mol. The molecule has 2 heterocycles. The normalized spacial score (nSPS) is 19.9. The van der Waals surface area contributed by atoms with Gasteiger partial charge in [0.2, 0.25) is 0 Å². The van der Waals surface area contributed by atoms with E-state index in [1.165, 1.54) is 4.90 Å². The number of piperidine rings is 1. The number of nitrogens with two attached hydrogens (primary N) is 1. The maximum absolute atomic E-state index is 11.0. The van der Waals surface area contributed by atoms with Crippen LogP contribution < -0.4 is 10.6 Å². The largest absolute Gasteiger partial charge is 0.465 e. The van der Waals surface area contributed by atoms with Crippen LogP contribution in [0.3, 0.4) is 0 Å². The number of amides is 1. The molecule has 1 unspecified atom stereocenters. The molecule has 0 spiro atoms. The molecule has 1 aromatic heterocycles. The van der Waals surface area contributed by atoms with Crippen molar-refractivity contribution in [3.8, 4) is 0 Å². The number of anilines is 2. The van der Waals surface area contributed by atoms with Crippen molar-refractivity contribution in [2.75, 3.05) is 30.8 Å². The molecule has 0 aromatic carbocycles. The van der Waals surface area contributed by atoms with Crippen LogP contribution in [0, 0.1) is 0 Å². The van der Waals surface area contributed by atoms with Crippen LogP contribution in [0.25, 0.3) is 0 Å². The smallest absolute Gasteiger partial charge is 0.407 e. The Bertz CT molecular complexity index is 425. The minimum absolute atomic E-state index is 0.00514. The fourth-order valence-electron chi connectivity index (χ4n) is 2.45. The second kappa shape index (κ2) is 4.75. The Kier molecular flexibility index (Phi) is 3.31. The van der Waals surface area contributed by atoms with Crippen molar-refractivity contribution in [2.45, 2.75) is 18.9 Å². The van der Waals surface area contributed by atoms with Gasteiger partial charge in [0.05, 0.1) is 17.9 Å². The van der Waals surface area contributed by atoms with Gasteiger partial charge in [-0.1, -0.05) is 0 Å². The van der Waals surface area contributed by atoms with Gasteiger partial charge in [0.25, 0.3) is 0 Å². The molecule has 0 saturated carbocycles. The van der Waals surface area contributed by atoms with E-state index < -0.39 is 6.09 Å². The van der Waals surface area contributed by atoms with E-state index in [1.54, 1.807) is 17.9 Å². The van der Waals surface area contributed by atoms with Gasteiger partial charge in [0.1, 0.15) is 5.82 Å². The van der Waals surface area contributed by atoms with E-state index in [0.29, 0.717) is 12.2 Å². The SMILES string of the molecule is CN(C(=O)O)C1CCCN(c2c(N)cnn2C)C1. The van der Waals surface area contributed by atoms with Crippen LogP contribution >= 0.6 is 0 Å². The van der Waals surface area contributed by atoms with E-state index in [9.17, 15) is 4.79 Å². The zero-order valence-electron chi connectivity index (χ0n) is 10.7. The lowest BCUT2D eigenvalue weighted by Crippen LogP contribution is -2.48. The molecule has 3 N–H and O–H groups in total. The Morgan fingerprint density at radius 3 is 2.94 bits per heavy atom. The summed E-state index contributed by atoms with van der Waals surface area (Å²) in [4.78, 5) is 14.5. The van der Waals surface area contributed by atoms with Gasteiger partial charge in [-0.15, -0.1) is 0 Å². The number of rotatable bonds is 2. The van der Waals surface area contributed by atoms with Crippen LogP contribution in [-0.2, 0) is 7.05 Å². The summed E-state index contributed by atoms with van der Waals surface area (Å²) in [5.41, 5.74) is 6.53. The molecule has 0 radical (unpaired) electrons. The summed E-state index contributed by atoms with van der Waals surface area (Å²) in [5.74, 6) is 0.874. The third-order valence-electron chi connectivity index (χ3n) is 3.48. The van der Waals surface area contributed by atoms with Gasteiger partial charge in [-0.3, -0.25) is 4.68 Å². The summed E-state index contributed by atoms with van der Waals surface area (Å²) < 4.78 is 1.73. The molecule has 18 heavy (non-hydrogen) atoms. The van der Waals surface area contributed by atoms with E-state index in [-0.39, 0.29) is 6.04 Å². The summed E-state index contributed by atoms with van der Waals surface area (Å²) >= 11 is 0. The van der Waals surface area contributed by atoms with Crippen LogP contribution in [0.4, 0.5) is 16.3 Å². The summed E-state index contributed by atoms with van der Waals surface area (Å²) in [7, 11) is 3.46. The molecule has 1 aromatic rings. The Morgan fingerprint density at radius 1 is 1.67 bits per heavy atom. The molecule has 1 saturated heterocycles. The molecule has 1 atom stereocenters. The highest BCUT2D eigenvalue weighted by atomic mass is 16.4. The first kappa shape index (κ1) is 12.5. The van der Waals surface area contributed by atoms with E-state index in [4.69, 9.17) is 10.8 Å². The fraction of sp³-hybridized carbons (Fsp3) is 0.636. The Hall–Kier alpha value is -1.92. The van der Waals surface area contributed by atoms with Gasteiger partial charge in [0.15, 0.2) is 0 Å². The molecule has 0 aliphatic carbocycles. The predicted octanol–water partition coefficient (Wildman–Crippen LogP) is 0.581. The second-order valence-corrected chi connectivity index (χ2v) is 4.68. The van der Waals surface area contributed by atoms with Crippen LogP contribution in [0.2, 0.25) is 0 Å². The Morgan fingerprint density at radius 2 is 2.39 bits per heavy atom. The number of nitrogens with zero attached hydrogens (tertiary/aromatic N) is 4. The van der Waals surface area contributed by atoms with Gasteiger partial charge >= 0.3 is 6.09 Å². The number of carboxylic acid groups (broad SMARTS) is 1. The summed E-state index contributed by atoms with van der Waals surface area (Å²) in [6, 6.07) is 0.00514. The molecule has 100 valence electrons. The van der Waals surface area contributed by atoms with Gasteiger partial charge < -0.3 is 20.6 Å². The van der Waals surface area contributed by atoms with E-state index >= 15 is 0 Å². The third-order valence-corrected chi connectivity index (χ3v) is 3.48. The van der Waals surface area contributed by atoms with Gasteiger partial charge in [-0.25, -0.2) is 4.79 Å². The molecule has 7 heteroatoms. The van der Waals surface area contributed by atoms with Gasteiger partial charge in [-0.2, -0.15) is 5.10 Å². The van der Waals surface area contributed by atoms with Crippen molar-refractivity contribution in [3.05, 3.63) is 6.20 Å². The quantitative estimate of drug-likeness (QED) is 0.805. The van der Waals surface area contributed by atoms with Crippen LogP contribution in [-0.4, -0.2) is 52.1 Å². The highest BCUT2D eigenvalue weighted by molar-refractivity contribution is 5.66. The maximum atomic E-state index is 11.0. The number of aromatic nitrogens is 2. The van der Waals surface area contributed by atoms with Crippen molar-refractivity contribution < 1.29 is 9.90 Å². The predicted molar refractivity (Wildman–Crippen MR) is 68.6 cm³/mol. The number of carbonyl (C=O) groups is 1. The Balaban J connectivity index is 2.14. The fourth-order valence-corrected chi connectivity index (χ4v) is 2.45. The molecule has 1 aliphatic rings. The van der Waals surface area contributed by atoms with Crippen molar-refractivity contribution in [3.63, 3.8) is 0 Å². The zero-order chi connectivity index (χ0) is 13.3. The molecule has 2 rings (SSSR count). The molecule has 1 fully saturated rings. The lowest BCUT2D eigenvalue weighted by molar-refractivity contribution is 0.133. The lowest BCUT2D eigenvalue weighted by Gasteiger charge is -2.37. The van der Waals surface area contributed by atoms with E-state index in [1.807, 2.05) is 7.05 Å².